The van der Waals surface area contributed by atoms with Gasteiger partial charge in [-0.1, -0.05) is 54.1 Å². The van der Waals surface area contributed by atoms with Crippen molar-refractivity contribution < 1.29 is 0 Å². The summed E-state index contributed by atoms with van der Waals surface area (Å²) in [5.74, 6) is 0.230. The molecule has 2 aromatic carbocycles. The first-order valence-corrected chi connectivity index (χ1v) is 7.09. The summed E-state index contributed by atoms with van der Waals surface area (Å²) in [6.07, 6.45) is 0. The third kappa shape index (κ3) is 2.65. The summed E-state index contributed by atoms with van der Waals surface area (Å²) in [4.78, 5) is 4.34. The second-order valence-electron chi connectivity index (χ2n) is 4.80. The van der Waals surface area contributed by atoms with E-state index >= 15 is 0 Å². The molecule has 22 heavy (non-hydrogen) atoms. The van der Waals surface area contributed by atoms with Gasteiger partial charge in [-0.15, -0.1) is 0 Å². The van der Waals surface area contributed by atoms with Crippen LogP contribution in [0.3, 0.4) is 0 Å². The SMILES string of the molecule is N#Cc1c(-c2ccccc2)cc(-c2ccc(Cl)cc2)nc1N. The highest BCUT2D eigenvalue weighted by Crippen LogP contribution is 2.31. The van der Waals surface area contributed by atoms with Crippen molar-refractivity contribution in [2.24, 2.45) is 0 Å². The van der Waals surface area contributed by atoms with Crippen LogP contribution in [0.4, 0.5) is 5.82 Å². The predicted octanol–water partition coefficient (Wildman–Crippen LogP) is 4.52. The number of nitrogen functional groups attached to an aromatic ring is 1. The fourth-order valence-electron chi connectivity index (χ4n) is 2.30. The number of hydrogen-bond acceptors (Lipinski definition) is 3. The van der Waals surface area contributed by atoms with Crippen molar-refractivity contribution in [3.8, 4) is 28.5 Å². The first kappa shape index (κ1) is 14.1. The van der Waals surface area contributed by atoms with Gasteiger partial charge in [0, 0.05) is 16.1 Å². The van der Waals surface area contributed by atoms with Crippen LogP contribution in [0.15, 0.2) is 60.7 Å². The van der Waals surface area contributed by atoms with Crippen molar-refractivity contribution in [2.75, 3.05) is 5.73 Å². The van der Waals surface area contributed by atoms with Crippen LogP contribution < -0.4 is 5.73 Å². The van der Waals surface area contributed by atoms with E-state index in [0.717, 1.165) is 16.7 Å². The molecule has 0 unspecified atom stereocenters. The van der Waals surface area contributed by atoms with Gasteiger partial charge in [0.2, 0.25) is 0 Å². The normalized spacial score (nSPS) is 10.2. The summed E-state index contributed by atoms with van der Waals surface area (Å²) in [6, 6.07) is 21.1. The average Bonchev–Trinajstić information content (AvgIpc) is 2.55. The third-order valence-electron chi connectivity index (χ3n) is 3.38. The van der Waals surface area contributed by atoms with Crippen molar-refractivity contribution in [1.82, 2.24) is 4.98 Å². The van der Waals surface area contributed by atoms with Crippen LogP contribution in [0, 0.1) is 11.3 Å². The van der Waals surface area contributed by atoms with Crippen molar-refractivity contribution in [2.45, 2.75) is 0 Å². The molecule has 0 saturated heterocycles. The van der Waals surface area contributed by atoms with Crippen molar-refractivity contribution in [3.05, 3.63) is 71.2 Å². The maximum Gasteiger partial charge on any atom is 0.142 e. The van der Waals surface area contributed by atoms with Gasteiger partial charge < -0.3 is 5.73 Å². The molecule has 1 heterocycles. The van der Waals surface area contributed by atoms with Gasteiger partial charge in [0.15, 0.2) is 0 Å². The van der Waals surface area contributed by atoms with Gasteiger partial charge >= 0.3 is 0 Å². The Morgan fingerprint density at radius 3 is 2.27 bits per heavy atom. The molecule has 0 fully saturated rings. The van der Waals surface area contributed by atoms with Crippen molar-refractivity contribution >= 4 is 17.4 Å². The monoisotopic (exact) mass is 305 g/mol. The Morgan fingerprint density at radius 2 is 1.64 bits per heavy atom. The molecule has 3 nitrogen and oxygen atoms in total. The lowest BCUT2D eigenvalue weighted by Crippen LogP contribution is -1.99. The minimum atomic E-state index is 0.230. The predicted molar refractivity (Wildman–Crippen MR) is 89.2 cm³/mol. The Bertz CT molecular complexity index is 850. The quantitative estimate of drug-likeness (QED) is 0.757. The van der Waals surface area contributed by atoms with Crippen LogP contribution in [0.1, 0.15) is 5.56 Å². The molecule has 3 aromatic rings. The molecule has 0 amide bonds. The molecule has 0 atom stereocenters. The van der Waals surface area contributed by atoms with Crippen LogP contribution in [0.5, 0.6) is 0 Å². The second kappa shape index (κ2) is 5.88. The lowest BCUT2D eigenvalue weighted by molar-refractivity contribution is 1.31. The Morgan fingerprint density at radius 1 is 0.955 bits per heavy atom. The molecule has 0 spiro atoms. The Kier molecular flexibility index (Phi) is 3.78. The van der Waals surface area contributed by atoms with E-state index in [1.54, 1.807) is 12.1 Å². The summed E-state index contributed by atoms with van der Waals surface area (Å²) < 4.78 is 0. The van der Waals surface area contributed by atoms with Crippen molar-refractivity contribution in [1.29, 1.82) is 5.26 Å². The molecule has 4 heteroatoms. The number of hydrogen-bond donors (Lipinski definition) is 1. The molecule has 106 valence electrons. The van der Waals surface area contributed by atoms with E-state index in [1.807, 2.05) is 48.5 Å². The first-order chi connectivity index (χ1) is 10.7. The van der Waals surface area contributed by atoms with Gasteiger partial charge in [0.05, 0.1) is 5.69 Å². The molecule has 2 N–H and O–H groups in total. The zero-order chi connectivity index (χ0) is 15.5. The largest absolute Gasteiger partial charge is 0.383 e. The van der Waals surface area contributed by atoms with Crippen molar-refractivity contribution in [3.63, 3.8) is 0 Å². The summed E-state index contributed by atoms with van der Waals surface area (Å²) in [6.45, 7) is 0. The zero-order valence-corrected chi connectivity index (χ0v) is 12.4. The molecule has 1 aromatic heterocycles. The topological polar surface area (TPSA) is 62.7 Å². The maximum absolute atomic E-state index is 9.37. The fraction of sp³-hybridized carbons (Fsp3) is 0. The van der Waals surface area contributed by atoms with Crippen LogP contribution in [-0.4, -0.2) is 4.98 Å². The third-order valence-corrected chi connectivity index (χ3v) is 3.64. The molecular weight excluding hydrogens is 294 g/mol. The number of anilines is 1. The Labute approximate surface area is 133 Å². The number of halogens is 1. The number of benzene rings is 2. The highest BCUT2D eigenvalue weighted by Gasteiger charge is 2.13. The molecule has 3 rings (SSSR count). The average molecular weight is 306 g/mol. The minimum absolute atomic E-state index is 0.230. The zero-order valence-electron chi connectivity index (χ0n) is 11.6. The number of nitrogens with zero attached hydrogens (tertiary/aromatic N) is 2. The van der Waals surface area contributed by atoms with Gasteiger partial charge in [-0.2, -0.15) is 5.26 Å². The van der Waals surface area contributed by atoms with Gasteiger partial charge in [0.1, 0.15) is 17.5 Å². The Balaban J connectivity index is 2.21. The van der Waals surface area contributed by atoms with Crippen LogP contribution in [0.2, 0.25) is 5.02 Å². The first-order valence-electron chi connectivity index (χ1n) is 6.71. The van der Waals surface area contributed by atoms with E-state index < -0.39 is 0 Å². The highest BCUT2D eigenvalue weighted by atomic mass is 35.5. The minimum Gasteiger partial charge on any atom is -0.383 e. The second-order valence-corrected chi connectivity index (χ2v) is 5.24. The summed E-state index contributed by atoms with van der Waals surface area (Å²) in [7, 11) is 0. The van der Waals surface area contributed by atoms with E-state index in [2.05, 4.69) is 11.1 Å². The molecule has 0 aliphatic heterocycles. The smallest absolute Gasteiger partial charge is 0.142 e. The molecule has 0 saturated carbocycles. The van der Waals surface area contributed by atoms with E-state index in [9.17, 15) is 5.26 Å². The summed E-state index contributed by atoms with van der Waals surface area (Å²) in [5, 5.41) is 10.0. The van der Waals surface area contributed by atoms with E-state index in [-0.39, 0.29) is 5.82 Å². The van der Waals surface area contributed by atoms with E-state index in [1.165, 1.54) is 0 Å². The number of pyridine rings is 1. The van der Waals surface area contributed by atoms with Gasteiger partial charge in [-0.3, -0.25) is 0 Å². The van der Waals surface area contributed by atoms with Crippen LogP contribution in [-0.2, 0) is 0 Å². The molecule has 0 aliphatic rings. The van der Waals surface area contributed by atoms with Crippen LogP contribution >= 0.6 is 11.6 Å². The van der Waals surface area contributed by atoms with Crippen LogP contribution in [0.25, 0.3) is 22.4 Å². The summed E-state index contributed by atoms with van der Waals surface area (Å²) in [5.41, 5.74) is 9.70. The molecule has 0 aliphatic carbocycles. The van der Waals surface area contributed by atoms with E-state index in [4.69, 9.17) is 17.3 Å². The lowest BCUT2D eigenvalue weighted by Gasteiger charge is -2.10. The number of aromatic nitrogens is 1. The lowest BCUT2D eigenvalue weighted by atomic mass is 9.98. The molecule has 0 bridgehead atoms. The standard InChI is InChI=1S/C18H12ClN3/c19-14-8-6-13(7-9-14)17-10-15(12-4-2-1-3-5-12)16(11-20)18(21)22-17/h1-10H,(H2,21,22). The number of nitrogens with two attached hydrogens (primary N) is 1. The maximum atomic E-state index is 9.37. The van der Waals surface area contributed by atoms with Gasteiger partial charge in [-0.05, 0) is 23.8 Å². The van der Waals surface area contributed by atoms with Gasteiger partial charge in [-0.25, -0.2) is 4.98 Å². The summed E-state index contributed by atoms with van der Waals surface area (Å²) >= 11 is 5.92. The fourth-order valence-corrected chi connectivity index (χ4v) is 2.42. The molecular formula is C18H12ClN3. The molecule has 0 radical (unpaired) electrons. The van der Waals surface area contributed by atoms with Gasteiger partial charge in [0.25, 0.3) is 0 Å². The van der Waals surface area contributed by atoms with E-state index in [0.29, 0.717) is 16.3 Å². The highest BCUT2D eigenvalue weighted by molar-refractivity contribution is 6.30. The number of rotatable bonds is 2. The number of nitriles is 1. The Hall–Kier alpha value is -2.83.